The summed E-state index contributed by atoms with van der Waals surface area (Å²) in [5.74, 6) is 0.927. The molecule has 3 nitrogen and oxygen atoms in total. The Morgan fingerprint density at radius 2 is 1.81 bits per heavy atom. The van der Waals surface area contributed by atoms with Crippen LogP contribution >= 0.6 is 0 Å². The summed E-state index contributed by atoms with van der Waals surface area (Å²) in [5, 5.41) is 6.50. The normalized spacial score (nSPS) is 10.4. The fraction of sp³-hybridized carbons (Fsp3) is 0.538. The maximum absolute atomic E-state index is 5.12. The minimum Gasteiger partial charge on any atom is -0.497 e. The van der Waals surface area contributed by atoms with Crippen LogP contribution in [0.4, 0.5) is 0 Å². The van der Waals surface area contributed by atoms with E-state index < -0.39 is 0 Å². The Hall–Kier alpha value is -1.06. The van der Waals surface area contributed by atoms with E-state index in [1.807, 2.05) is 19.2 Å². The molecule has 0 saturated carbocycles. The van der Waals surface area contributed by atoms with Gasteiger partial charge in [0.15, 0.2) is 0 Å². The van der Waals surface area contributed by atoms with Crippen LogP contribution in [0.5, 0.6) is 5.75 Å². The molecule has 0 aliphatic heterocycles. The van der Waals surface area contributed by atoms with Gasteiger partial charge in [-0.2, -0.15) is 0 Å². The summed E-state index contributed by atoms with van der Waals surface area (Å²) < 4.78 is 5.12. The van der Waals surface area contributed by atoms with Crippen LogP contribution in [0, 0.1) is 0 Å². The maximum atomic E-state index is 5.12. The highest BCUT2D eigenvalue weighted by atomic mass is 16.5. The van der Waals surface area contributed by atoms with Gasteiger partial charge in [0.2, 0.25) is 0 Å². The Balaban J connectivity index is 2.12. The van der Waals surface area contributed by atoms with Crippen LogP contribution in [0.3, 0.4) is 0 Å². The van der Waals surface area contributed by atoms with Gasteiger partial charge in [0, 0.05) is 13.1 Å². The summed E-state index contributed by atoms with van der Waals surface area (Å²) in [4.78, 5) is 0. The van der Waals surface area contributed by atoms with Crippen molar-refractivity contribution < 1.29 is 4.74 Å². The molecule has 1 aromatic rings. The Labute approximate surface area is 98.2 Å². The van der Waals surface area contributed by atoms with Crippen LogP contribution in [0.1, 0.15) is 12.0 Å². The molecule has 0 spiro atoms. The van der Waals surface area contributed by atoms with E-state index >= 15 is 0 Å². The topological polar surface area (TPSA) is 33.3 Å². The van der Waals surface area contributed by atoms with Gasteiger partial charge in [-0.05, 0) is 44.1 Å². The van der Waals surface area contributed by atoms with Gasteiger partial charge >= 0.3 is 0 Å². The van der Waals surface area contributed by atoms with Gasteiger partial charge in [-0.15, -0.1) is 0 Å². The first-order valence-corrected chi connectivity index (χ1v) is 5.85. The summed E-state index contributed by atoms with van der Waals surface area (Å²) in [6.45, 7) is 3.15. The van der Waals surface area contributed by atoms with Crippen molar-refractivity contribution in [1.29, 1.82) is 0 Å². The number of ether oxygens (including phenoxy) is 1. The molecule has 0 unspecified atom stereocenters. The van der Waals surface area contributed by atoms with Crippen molar-refractivity contribution in [3.63, 3.8) is 0 Å². The molecule has 0 bridgehead atoms. The molecule has 1 rings (SSSR count). The molecule has 0 radical (unpaired) electrons. The molecule has 3 heteroatoms. The molecule has 0 saturated heterocycles. The zero-order chi connectivity index (χ0) is 11.6. The molecule has 0 aromatic heterocycles. The van der Waals surface area contributed by atoms with Gasteiger partial charge in [0.25, 0.3) is 0 Å². The van der Waals surface area contributed by atoms with E-state index in [1.165, 1.54) is 12.0 Å². The number of hydrogen-bond acceptors (Lipinski definition) is 3. The van der Waals surface area contributed by atoms with E-state index in [-0.39, 0.29) is 0 Å². The summed E-state index contributed by atoms with van der Waals surface area (Å²) in [6, 6.07) is 8.30. The van der Waals surface area contributed by atoms with E-state index in [2.05, 4.69) is 22.8 Å². The van der Waals surface area contributed by atoms with Gasteiger partial charge in [0.1, 0.15) is 5.75 Å². The Bertz CT molecular complexity index is 272. The molecule has 0 amide bonds. The van der Waals surface area contributed by atoms with Crippen LogP contribution in [-0.2, 0) is 6.42 Å². The average Bonchev–Trinajstić information content (AvgIpc) is 2.34. The Morgan fingerprint density at radius 3 is 2.44 bits per heavy atom. The highest BCUT2D eigenvalue weighted by molar-refractivity contribution is 5.27. The predicted molar refractivity (Wildman–Crippen MR) is 68.1 cm³/mol. The number of methoxy groups -OCH3 is 1. The molecule has 0 heterocycles. The number of likely N-dealkylation sites (N-methyl/N-ethyl adjacent to an activating group) is 1. The monoisotopic (exact) mass is 222 g/mol. The van der Waals surface area contributed by atoms with E-state index in [1.54, 1.807) is 7.11 Å². The first-order chi connectivity index (χ1) is 7.86. The number of benzene rings is 1. The van der Waals surface area contributed by atoms with Gasteiger partial charge in [-0.25, -0.2) is 0 Å². The molecule has 1 aromatic carbocycles. The van der Waals surface area contributed by atoms with Crippen molar-refractivity contribution in [3.8, 4) is 5.75 Å². The van der Waals surface area contributed by atoms with E-state index in [4.69, 9.17) is 4.74 Å². The van der Waals surface area contributed by atoms with E-state index in [9.17, 15) is 0 Å². The maximum Gasteiger partial charge on any atom is 0.118 e. The molecular weight excluding hydrogens is 200 g/mol. The second kappa shape index (κ2) is 8.13. The molecule has 0 aliphatic carbocycles. The highest BCUT2D eigenvalue weighted by Crippen LogP contribution is 2.12. The zero-order valence-electron chi connectivity index (χ0n) is 10.3. The van der Waals surface area contributed by atoms with Crippen molar-refractivity contribution in [2.45, 2.75) is 12.8 Å². The second-order valence-electron chi connectivity index (χ2n) is 3.81. The lowest BCUT2D eigenvalue weighted by atomic mass is 10.1. The fourth-order valence-corrected chi connectivity index (χ4v) is 1.55. The lowest BCUT2D eigenvalue weighted by Gasteiger charge is -2.05. The van der Waals surface area contributed by atoms with Crippen molar-refractivity contribution in [3.05, 3.63) is 29.8 Å². The molecule has 0 fully saturated rings. The number of nitrogens with one attached hydrogen (secondary N) is 2. The first kappa shape index (κ1) is 13.0. The lowest BCUT2D eigenvalue weighted by molar-refractivity contribution is 0.414. The quantitative estimate of drug-likeness (QED) is 0.653. The van der Waals surface area contributed by atoms with E-state index in [0.717, 1.165) is 31.8 Å². The summed E-state index contributed by atoms with van der Waals surface area (Å²) in [6.07, 6.45) is 2.30. The molecule has 16 heavy (non-hydrogen) atoms. The van der Waals surface area contributed by atoms with Crippen LogP contribution in [0.15, 0.2) is 24.3 Å². The van der Waals surface area contributed by atoms with Crippen molar-refractivity contribution in [1.82, 2.24) is 10.6 Å². The minimum atomic E-state index is 0.927. The second-order valence-corrected chi connectivity index (χ2v) is 3.81. The SMILES string of the molecule is CNCCNCCCc1ccc(OC)cc1. The Morgan fingerprint density at radius 1 is 1.06 bits per heavy atom. The third-order valence-corrected chi connectivity index (χ3v) is 2.53. The predicted octanol–water partition coefficient (Wildman–Crippen LogP) is 1.44. The highest BCUT2D eigenvalue weighted by Gasteiger charge is 1.94. The minimum absolute atomic E-state index is 0.927. The van der Waals surface area contributed by atoms with E-state index in [0.29, 0.717) is 0 Å². The zero-order valence-corrected chi connectivity index (χ0v) is 10.3. The lowest BCUT2D eigenvalue weighted by Crippen LogP contribution is -2.25. The summed E-state index contributed by atoms with van der Waals surface area (Å²) in [7, 11) is 3.67. The van der Waals surface area contributed by atoms with Crippen molar-refractivity contribution >= 4 is 0 Å². The van der Waals surface area contributed by atoms with Crippen LogP contribution in [-0.4, -0.2) is 33.8 Å². The van der Waals surface area contributed by atoms with Crippen molar-refractivity contribution in [2.24, 2.45) is 0 Å². The van der Waals surface area contributed by atoms with Gasteiger partial charge in [-0.1, -0.05) is 12.1 Å². The average molecular weight is 222 g/mol. The molecule has 90 valence electrons. The molecule has 0 aliphatic rings. The molecular formula is C13H22N2O. The third kappa shape index (κ3) is 5.14. The number of aryl methyl sites for hydroxylation is 1. The molecule has 2 N–H and O–H groups in total. The largest absolute Gasteiger partial charge is 0.497 e. The number of rotatable bonds is 8. The first-order valence-electron chi connectivity index (χ1n) is 5.85. The smallest absolute Gasteiger partial charge is 0.118 e. The summed E-state index contributed by atoms with van der Waals surface area (Å²) in [5.41, 5.74) is 1.37. The Kier molecular flexibility index (Phi) is 6.61. The fourth-order valence-electron chi connectivity index (χ4n) is 1.55. The van der Waals surface area contributed by atoms with Gasteiger partial charge < -0.3 is 15.4 Å². The van der Waals surface area contributed by atoms with Crippen LogP contribution in [0.2, 0.25) is 0 Å². The molecule has 0 atom stereocenters. The third-order valence-electron chi connectivity index (χ3n) is 2.53. The van der Waals surface area contributed by atoms with Gasteiger partial charge in [0.05, 0.1) is 7.11 Å². The standard InChI is InChI=1S/C13H22N2O/c1-14-10-11-15-9-3-4-12-5-7-13(16-2)8-6-12/h5-8,14-15H,3-4,9-11H2,1-2H3. The van der Waals surface area contributed by atoms with Crippen LogP contribution < -0.4 is 15.4 Å². The summed E-state index contributed by atoms with van der Waals surface area (Å²) >= 11 is 0. The van der Waals surface area contributed by atoms with Gasteiger partial charge in [-0.3, -0.25) is 0 Å². The number of hydrogen-bond donors (Lipinski definition) is 2. The van der Waals surface area contributed by atoms with Crippen LogP contribution in [0.25, 0.3) is 0 Å². The van der Waals surface area contributed by atoms with Crippen molar-refractivity contribution in [2.75, 3.05) is 33.8 Å².